The van der Waals surface area contributed by atoms with Crippen LogP contribution in [0.2, 0.25) is 0 Å². The lowest BCUT2D eigenvalue weighted by Gasteiger charge is -2.22. The van der Waals surface area contributed by atoms with Crippen molar-refractivity contribution in [3.63, 3.8) is 0 Å². The molecule has 98 valence electrons. The second-order valence-corrected chi connectivity index (χ2v) is 5.25. The van der Waals surface area contributed by atoms with E-state index in [-0.39, 0.29) is 17.7 Å². The van der Waals surface area contributed by atoms with E-state index in [4.69, 9.17) is 0 Å². The molecule has 2 rings (SSSR count). The molecule has 1 aliphatic carbocycles. The van der Waals surface area contributed by atoms with Gasteiger partial charge in [0.1, 0.15) is 5.75 Å². The van der Waals surface area contributed by atoms with Gasteiger partial charge in [-0.05, 0) is 37.0 Å². The normalized spacial score (nSPS) is 24.3. The van der Waals surface area contributed by atoms with Gasteiger partial charge < -0.3 is 10.4 Å². The molecule has 1 aromatic rings. The van der Waals surface area contributed by atoms with Crippen molar-refractivity contribution in [2.24, 2.45) is 5.92 Å². The van der Waals surface area contributed by atoms with E-state index >= 15 is 0 Å². The molecule has 0 aromatic heterocycles. The van der Waals surface area contributed by atoms with Gasteiger partial charge in [0.15, 0.2) is 0 Å². The third-order valence-electron chi connectivity index (χ3n) is 3.79. The molecule has 3 nitrogen and oxygen atoms in total. The van der Waals surface area contributed by atoms with Gasteiger partial charge in [-0.25, -0.2) is 0 Å². The number of amides is 1. The minimum absolute atomic E-state index is 0.0790. The van der Waals surface area contributed by atoms with Crippen LogP contribution in [0.25, 0.3) is 0 Å². The lowest BCUT2D eigenvalue weighted by atomic mass is 9.96. The van der Waals surface area contributed by atoms with Crippen molar-refractivity contribution in [1.82, 2.24) is 5.32 Å². The van der Waals surface area contributed by atoms with Gasteiger partial charge in [-0.15, -0.1) is 0 Å². The Morgan fingerprint density at radius 3 is 2.83 bits per heavy atom. The minimum Gasteiger partial charge on any atom is -0.508 e. The largest absolute Gasteiger partial charge is 0.508 e. The summed E-state index contributed by atoms with van der Waals surface area (Å²) in [6, 6.07) is 6.78. The summed E-state index contributed by atoms with van der Waals surface area (Å²) in [5.41, 5.74) is 0.534. The number of carbonyl (C=O) groups is 1. The molecule has 2 N–H and O–H groups in total. The topological polar surface area (TPSA) is 49.3 Å². The summed E-state index contributed by atoms with van der Waals surface area (Å²) in [6.45, 7) is 2.21. The molecule has 2 atom stereocenters. The van der Waals surface area contributed by atoms with Gasteiger partial charge in [0.05, 0.1) is 0 Å². The first-order valence-corrected chi connectivity index (χ1v) is 6.76. The highest BCUT2D eigenvalue weighted by atomic mass is 16.3. The number of nitrogens with one attached hydrogen (secondary N) is 1. The monoisotopic (exact) mass is 247 g/mol. The standard InChI is InChI=1S/C15H21NO2/c1-11-6-3-2-4-9-14(11)16-15(18)12-7-5-8-13(17)10-12/h5,7-8,10-11,14,17H,2-4,6,9H2,1H3,(H,16,18). The average molecular weight is 247 g/mol. The summed E-state index contributed by atoms with van der Waals surface area (Å²) < 4.78 is 0. The maximum Gasteiger partial charge on any atom is 0.251 e. The zero-order valence-electron chi connectivity index (χ0n) is 10.9. The number of hydrogen-bond donors (Lipinski definition) is 2. The molecule has 0 bridgehead atoms. The summed E-state index contributed by atoms with van der Waals surface area (Å²) in [5.74, 6) is 0.593. The van der Waals surface area contributed by atoms with Gasteiger partial charge in [-0.2, -0.15) is 0 Å². The van der Waals surface area contributed by atoms with Crippen LogP contribution >= 0.6 is 0 Å². The molecule has 0 spiro atoms. The Kier molecular flexibility index (Phi) is 4.24. The van der Waals surface area contributed by atoms with Crippen molar-refractivity contribution in [1.29, 1.82) is 0 Å². The summed E-state index contributed by atoms with van der Waals surface area (Å²) in [7, 11) is 0. The number of benzene rings is 1. The molecule has 1 aromatic carbocycles. The van der Waals surface area contributed by atoms with Gasteiger partial charge in [-0.3, -0.25) is 4.79 Å². The average Bonchev–Trinajstić information content (AvgIpc) is 2.55. The second kappa shape index (κ2) is 5.89. The van der Waals surface area contributed by atoms with Gasteiger partial charge in [0.2, 0.25) is 0 Å². The van der Waals surface area contributed by atoms with Crippen molar-refractivity contribution in [2.45, 2.75) is 45.1 Å². The van der Waals surface area contributed by atoms with Crippen LogP contribution in [0.1, 0.15) is 49.4 Å². The molecule has 1 aliphatic rings. The van der Waals surface area contributed by atoms with E-state index in [1.807, 2.05) is 0 Å². The van der Waals surface area contributed by atoms with Crippen LogP contribution in [-0.4, -0.2) is 17.1 Å². The highest BCUT2D eigenvalue weighted by molar-refractivity contribution is 5.94. The Bertz CT molecular complexity index is 417. The summed E-state index contributed by atoms with van der Waals surface area (Å²) in [6.07, 6.45) is 5.97. The van der Waals surface area contributed by atoms with E-state index in [0.717, 1.165) is 6.42 Å². The van der Waals surface area contributed by atoms with Crippen LogP contribution in [0, 0.1) is 5.92 Å². The number of rotatable bonds is 2. The first kappa shape index (κ1) is 12.9. The molecule has 1 fully saturated rings. The summed E-state index contributed by atoms with van der Waals surface area (Å²) >= 11 is 0. The lowest BCUT2D eigenvalue weighted by Crippen LogP contribution is -2.38. The number of carbonyl (C=O) groups excluding carboxylic acids is 1. The lowest BCUT2D eigenvalue weighted by molar-refractivity contribution is 0.0921. The Hall–Kier alpha value is -1.51. The molecule has 0 heterocycles. The minimum atomic E-state index is -0.0790. The van der Waals surface area contributed by atoms with Gasteiger partial charge in [0.25, 0.3) is 5.91 Å². The molecule has 0 saturated heterocycles. The third-order valence-corrected chi connectivity index (χ3v) is 3.79. The molecule has 18 heavy (non-hydrogen) atoms. The van der Waals surface area contributed by atoms with Crippen LogP contribution in [-0.2, 0) is 0 Å². The molecule has 3 heteroatoms. The Morgan fingerprint density at radius 1 is 1.28 bits per heavy atom. The molecule has 0 aliphatic heterocycles. The van der Waals surface area contributed by atoms with Crippen LogP contribution < -0.4 is 5.32 Å². The Morgan fingerprint density at radius 2 is 2.06 bits per heavy atom. The molecule has 1 amide bonds. The van der Waals surface area contributed by atoms with Crippen LogP contribution in [0.5, 0.6) is 5.75 Å². The highest BCUT2D eigenvalue weighted by Gasteiger charge is 2.22. The summed E-state index contributed by atoms with van der Waals surface area (Å²) in [4.78, 5) is 12.1. The Balaban J connectivity index is 2.01. The fraction of sp³-hybridized carbons (Fsp3) is 0.533. The van der Waals surface area contributed by atoms with E-state index in [9.17, 15) is 9.90 Å². The van der Waals surface area contributed by atoms with Gasteiger partial charge in [-0.1, -0.05) is 32.3 Å². The van der Waals surface area contributed by atoms with Gasteiger partial charge in [0, 0.05) is 11.6 Å². The van der Waals surface area contributed by atoms with E-state index in [0.29, 0.717) is 11.5 Å². The number of phenols is 1. The number of phenolic OH excluding ortho intramolecular Hbond substituents is 1. The quantitative estimate of drug-likeness (QED) is 0.789. The predicted octanol–water partition coefficient (Wildman–Crippen LogP) is 3.09. The number of hydrogen-bond acceptors (Lipinski definition) is 2. The predicted molar refractivity (Wildman–Crippen MR) is 71.6 cm³/mol. The van der Waals surface area contributed by atoms with E-state index in [2.05, 4.69) is 12.2 Å². The van der Waals surface area contributed by atoms with Gasteiger partial charge >= 0.3 is 0 Å². The maximum atomic E-state index is 12.1. The van der Waals surface area contributed by atoms with Crippen molar-refractivity contribution < 1.29 is 9.90 Å². The molecule has 1 saturated carbocycles. The number of aromatic hydroxyl groups is 1. The molecule has 0 radical (unpaired) electrons. The first-order valence-electron chi connectivity index (χ1n) is 6.76. The first-order chi connectivity index (χ1) is 8.66. The van der Waals surface area contributed by atoms with Crippen molar-refractivity contribution in [3.8, 4) is 5.75 Å². The third kappa shape index (κ3) is 3.25. The van der Waals surface area contributed by atoms with Crippen molar-refractivity contribution in [3.05, 3.63) is 29.8 Å². The fourth-order valence-electron chi connectivity index (χ4n) is 2.61. The van der Waals surface area contributed by atoms with E-state index in [1.54, 1.807) is 18.2 Å². The molecular weight excluding hydrogens is 226 g/mol. The molecular formula is C15H21NO2. The highest BCUT2D eigenvalue weighted by Crippen LogP contribution is 2.23. The summed E-state index contributed by atoms with van der Waals surface area (Å²) in [5, 5.41) is 12.5. The van der Waals surface area contributed by atoms with Crippen LogP contribution in [0.3, 0.4) is 0 Å². The van der Waals surface area contributed by atoms with Crippen LogP contribution in [0.15, 0.2) is 24.3 Å². The maximum absolute atomic E-state index is 12.1. The fourth-order valence-corrected chi connectivity index (χ4v) is 2.61. The zero-order valence-corrected chi connectivity index (χ0v) is 10.9. The van der Waals surface area contributed by atoms with Crippen molar-refractivity contribution in [2.75, 3.05) is 0 Å². The Labute approximate surface area is 108 Å². The van der Waals surface area contributed by atoms with E-state index < -0.39 is 0 Å². The van der Waals surface area contributed by atoms with E-state index in [1.165, 1.54) is 31.7 Å². The SMILES string of the molecule is CC1CCCCCC1NC(=O)c1cccc(O)c1. The van der Waals surface area contributed by atoms with Crippen molar-refractivity contribution >= 4 is 5.91 Å². The van der Waals surface area contributed by atoms with Crippen LogP contribution in [0.4, 0.5) is 0 Å². The smallest absolute Gasteiger partial charge is 0.251 e. The zero-order chi connectivity index (χ0) is 13.0. The molecule has 2 unspecified atom stereocenters. The second-order valence-electron chi connectivity index (χ2n) is 5.25.